The number of fused-ring (bicyclic) bond motifs is 1. The molecule has 1 N–H and O–H groups in total. The van der Waals surface area contributed by atoms with Gasteiger partial charge in [0.15, 0.2) is 0 Å². The zero-order valence-corrected chi connectivity index (χ0v) is 14.0. The highest BCUT2D eigenvalue weighted by molar-refractivity contribution is 7.13. The van der Waals surface area contributed by atoms with E-state index < -0.39 is 0 Å². The molecule has 1 aliphatic rings. The number of thiophene rings is 2. The molecule has 1 nitrogen and oxygen atoms in total. The third-order valence-corrected chi connectivity index (χ3v) is 6.56. The molecule has 0 fully saturated rings. The van der Waals surface area contributed by atoms with Crippen molar-refractivity contribution < 1.29 is 0 Å². The molecule has 2 heterocycles. The van der Waals surface area contributed by atoms with Gasteiger partial charge in [-0.3, -0.25) is 0 Å². The molecule has 20 heavy (non-hydrogen) atoms. The Bertz CT molecular complexity index is 546. The SMILES string of the molecule is CCCNC(c1ccc(CC)s1)c1cc2c(s1)CCC2. The Hall–Kier alpha value is -0.640. The van der Waals surface area contributed by atoms with Crippen molar-refractivity contribution in [3.63, 3.8) is 0 Å². The van der Waals surface area contributed by atoms with Crippen LogP contribution in [-0.4, -0.2) is 6.54 Å². The summed E-state index contributed by atoms with van der Waals surface area (Å²) < 4.78 is 0. The molecule has 1 atom stereocenters. The molecule has 1 unspecified atom stereocenters. The largest absolute Gasteiger partial charge is 0.305 e. The molecule has 0 bridgehead atoms. The van der Waals surface area contributed by atoms with Crippen molar-refractivity contribution in [2.75, 3.05) is 6.54 Å². The van der Waals surface area contributed by atoms with Gasteiger partial charge in [0.25, 0.3) is 0 Å². The Balaban J connectivity index is 1.88. The lowest BCUT2D eigenvalue weighted by atomic mass is 10.1. The average Bonchev–Trinajstić information content (AvgIpc) is 3.14. The van der Waals surface area contributed by atoms with E-state index in [2.05, 4.69) is 37.4 Å². The lowest BCUT2D eigenvalue weighted by Crippen LogP contribution is -2.21. The fourth-order valence-corrected chi connectivity index (χ4v) is 5.34. The number of hydrogen-bond donors (Lipinski definition) is 1. The first kappa shape index (κ1) is 14.3. The van der Waals surface area contributed by atoms with Crippen molar-refractivity contribution in [3.8, 4) is 0 Å². The van der Waals surface area contributed by atoms with Crippen molar-refractivity contribution in [1.29, 1.82) is 0 Å². The summed E-state index contributed by atoms with van der Waals surface area (Å²) in [6.07, 6.45) is 6.27. The van der Waals surface area contributed by atoms with E-state index in [0.717, 1.165) is 13.0 Å². The lowest BCUT2D eigenvalue weighted by Gasteiger charge is -2.15. The molecule has 108 valence electrons. The van der Waals surface area contributed by atoms with Crippen molar-refractivity contribution in [2.45, 2.75) is 52.0 Å². The van der Waals surface area contributed by atoms with Crippen LogP contribution >= 0.6 is 22.7 Å². The van der Waals surface area contributed by atoms with Crippen LogP contribution in [0.25, 0.3) is 0 Å². The Morgan fingerprint density at radius 2 is 2.05 bits per heavy atom. The second-order valence-electron chi connectivity index (χ2n) is 5.50. The van der Waals surface area contributed by atoms with E-state index in [0.29, 0.717) is 6.04 Å². The van der Waals surface area contributed by atoms with Gasteiger partial charge in [0.1, 0.15) is 0 Å². The van der Waals surface area contributed by atoms with Crippen LogP contribution in [0.2, 0.25) is 0 Å². The second-order valence-corrected chi connectivity index (χ2v) is 7.86. The highest BCUT2D eigenvalue weighted by Crippen LogP contribution is 2.38. The summed E-state index contributed by atoms with van der Waals surface area (Å²) in [5.41, 5.74) is 1.61. The first-order valence-corrected chi connectivity index (χ1v) is 9.38. The van der Waals surface area contributed by atoms with Gasteiger partial charge in [-0.1, -0.05) is 13.8 Å². The zero-order chi connectivity index (χ0) is 13.9. The summed E-state index contributed by atoms with van der Waals surface area (Å²) in [6, 6.07) is 7.49. The van der Waals surface area contributed by atoms with E-state index in [9.17, 15) is 0 Å². The molecule has 0 saturated carbocycles. The maximum atomic E-state index is 3.75. The molecule has 3 rings (SSSR count). The monoisotopic (exact) mass is 305 g/mol. The maximum absolute atomic E-state index is 3.75. The topological polar surface area (TPSA) is 12.0 Å². The summed E-state index contributed by atoms with van der Waals surface area (Å²) in [6.45, 7) is 5.57. The van der Waals surface area contributed by atoms with E-state index in [1.165, 1.54) is 40.3 Å². The van der Waals surface area contributed by atoms with Gasteiger partial charge >= 0.3 is 0 Å². The van der Waals surface area contributed by atoms with Crippen LogP contribution in [0.15, 0.2) is 18.2 Å². The zero-order valence-electron chi connectivity index (χ0n) is 12.4. The number of hydrogen-bond acceptors (Lipinski definition) is 3. The fraction of sp³-hybridized carbons (Fsp3) is 0.529. The smallest absolute Gasteiger partial charge is 0.0765 e. The Morgan fingerprint density at radius 3 is 2.75 bits per heavy atom. The lowest BCUT2D eigenvalue weighted by molar-refractivity contribution is 0.613. The first-order valence-electron chi connectivity index (χ1n) is 7.75. The van der Waals surface area contributed by atoms with Gasteiger partial charge in [-0.2, -0.15) is 0 Å². The van der Waals surface area contributed by atoms with Gasteiger partial charge in [0, 0.05) is 19.5 Å². The van der Waals surface area contributed by atoms with Crippen LogP contribution in [0.5, 0.6) is 0 Å². The van der Waals surface area contributed by atoms with Gasteiger partial charge in [0.05, 0.1) is 6.04 Å². The van der Waals surface area contributed by atoms with Gasteiger partial charge in [-0.15, -0.1) is 22.7 Å². The van der Waals surface area contributed by atoms with Crippen LogP contribution < -0.4 is 5.32 Å². The van der Waals surface area contributed by atoms with E-state index in [4.69, 9.17) is 0 Å². The second kappa shape index (κ2) is 6.42. The summed E-state index contributed by atoms with van der Waals surface area (Å²) in [4.78, 5) is 6.13. The van der Waals surface area contributed by atoms with Crippen LogP contribution in [0.1, 0.15) is 57.8 Å². The Kier molecular flexibility index (Phi) is 4.59. The van der Waals surface area contributed by atoms with Gasteiger partial charge in [0.2, 0.25) is 0 Å². The van der Waals surface area contributed by atoms with Crippen LogP contribution in [0.3, 0.4) is 0 Å². The van der Waals surface area contributed by atoms with E-state index in [-0.39, 0.29) is 0 Å². The van der Waals surface area contributed by atoms with Crippen LogP contribution in [-0.2, 0) is 19.3 Å². The average molecular weight is 306 g/mol. The maximum Gasteiger partial charge on any atom is 0.0765 e. The summed E-state index contributed by atoms with van der Waals surface area (Å²) in [5, 5.41) is 3.75. The standard InChI is InChI=1S/C17H23NS2/c1-3-10-18-17(15-9-8-13(4-2)19-15)16-11-12-6-5-7-14(12)20-16/h8-9,11,17-18H,3-7,10H2,1-2H3. The number of rotatable bonds is 6. The molecule has 3 heteroatoms. The van der Waals surface area contributed by atoms with Crippen molar-refractivity contribution in [1.82, 2.24) is 5.32 Å². The molecule has 1 aliphatic carbocycles. The van der Waals surface area contributed by atoms with Crippen molar-refractivity contribution in [3.05, 3.63) is 43.3 Å². The first-order chi connectivity index (χ1) is 9.81. The van der Waals surface area contributed by atoms with E-state index >= 15 is 0 Å². The molecular formula is C17H23NS2. The predicted molar refractivity (Wildman–Crippen MR) is 90.2 cm³/mol. The van der Waals surface area contributed by atoms with Gasteiger partial charge < -0.3 is 5.32 Å². The predicted octanol–water partition coefficient (Wildman–Crippen LogP) is 4.95. The van der Waals surface area contributed by atoms with E-state index in [1.54, 1.807) is 10.4 Å². The summed E-state index contributed by atoms with van der Waals surface area (Å²) in [5.74, 6) is 0. The fourth-order valence-electron chi connectivity index (χ4n) is 2.86. The quantitative estimate of drug-likeness (QED) is 0.796. The van der Waals surface area contributed by atoms with Gasteiger partial charge in [-0.05, 0) is 62.4 Å². The Morgan fingerprint density at radius 1 is 1.15 bits per heavy atom. The molecule has 0 radical (unpaired) electrons. The molecule has 0 spiro atoms. The van der Waals surface area contributed by atoms with E-state index in [1.807, 2.05) is 22.7 Å². The molecule has 2 aromatic heterocycles. The molecular weight excluding hydrogens is 282 g/mol. The summed E-state index contributed by atoms with van der Waals surface area (Å²) in [7, 11) is 0. The molecule has 0 saturated heterocycles. The van der Waals surface area contributed by atoms with Crippen LogP contribution in [0, 0.1) is 0 Å². The minimum absolute atomic E-state index is 0.413. The van der Waals surface area contributed by atoms with Crippen LogP contribution in [0.4, 0.5) is 0 Å². The molecule has 0 aromatic carbocycles. The van der Waals surface area contributed by atoms with Gasteiger partial charge in [-0.25, -0.2) is 0 Å². The molecule has 0 aliphatic heterocycles. The molecule has 0 amide bonds. The Labute approximate surface area is 130 Å². The third kappa shape index (κ3) is 2.85. The van der Waals surface area contributed by atoms with Crippen molar-refractivity contribution >= 4 is 22.7 Å². The normalized spacial score (nSPS) is 15.5. The highest BCUT2D eigenvalue weighted by Gasteiger charge is 2.22. The number of aryl methyl sites for hydroxylation is 3. The molecule has 2 aromatic rings. The number of nitrogens with one attached hydrogen (secondary N) is 1. The highest BCUT2D eigenvalue weighted by atomic mass is 32.1. The van der Waals surface area contributed by atoms with Crippen molar-refractivity contribution in [2.24, 2.45) is 0 Å². The third-order valence-electron chi connectivity index (χ3n) is 3.96. The summed E-state index contributed by atoms with van der Waals surface area (Å²) >= 11 is 4.01. The minimum atomic E-state index is 0.413. The minimum Gasteiger partial charge on any atom is -0.305 e.